The molecule has 110 valence electrons. The van der Waals surface area contributed by atoms with E-state index >= 15 is 0 Å². The van der Waals surface area contributed by atoms with E-state index < -0.39 is 4.92 Å². The number of nitro benzene ring substituents is 1. The zero-order valence-corrected chi connectivity index (χ0v) is 11.5. The van der Waals surface area contributed by atoms with Gasteiger partial charge in [0.2, 0.25) is 0 Å². The SMILES string of the molecule is COc1ccc([N+](=O)[O-])cc1CNCc1ccc(F)cc1. The van der Waals surface area contributed by atoms with Crippen molar-refractivity contribution in [3.05, 3.63) is 69.5 Å². The number of ether oxygens (including phenoxy) is 1. The van der Waals surface area contributed by atoms with Crippen molar-refractivity contribution in [2.75, 3.05) is 7.11 Å². The second-order valence-corrected chi connectivity index (χ2v) is 4.48. The number of methoxy groups -OCH3 is 1. The average molecular weight is 290 g/mol. The largest absolute Gasteiger partial charge is 0.496 e. The molecule has 1 N–H and O–H groups in total. The minimum atomic E-state index is -0.442. The van der Waals surface area contributed by atoms with Crippen LogP contribution in [0.2, 0.25) is 0 Å². The molecule has 2 rings (SSSR count). The highest BCUT2D eigenvalue weighted by atomic mass is 19.1. The molecule has 0 radical (unpaired) electrons. The van der Waals surface area contributed by atoms with Crippen molar-refractivity contribution >= 4 is 5.69 Å². The van der Waals surface area contributed by atoms with E-state index in [1.807, 2.05) is 0 Å². The van der Waals surface area contributed by atoms with Crippen LogP contribution in [0.25, 0.3) is 0 Å². The Labute approximate surface area is 121 Å². The number of non-ortho nitro benzene ring substituents is 1. The topological polar surface area (TPSA) is 64.4 Å². The third kappa shape index (κ3) is 4.00. The minimum absolute atomic E-state index is 0.0226. The average Bonchev–Trinajstić information content (AvgIpc) is 2.49. The smallest absolute Gasteiger partial charge is 0.270 e. The summed E-state index contributed by atoms with van der Waals surface area (Å²) >= 11 is 0. The Balaban J connectivity index is 2.03. The van der Waals surface area contributed by atoms with Gasteiger partial charge in [-0.2, -0.15) is 0 Å². The molecular formula is C15H15FN2O3. The summed E-state index contributed by atoms with van der Waals surface area (Å²) in [6.07, 6.45) is 0. The fraction of sp³-hybridized carbons (Fsp3) is 0.200. The van der Waals surface area contributed by atoms with Crippen LogP contribution in [0.3, 0.4) is 0 Å². The van der Waals surface area contributed by atoms with Crippen molar-refractivity contribution < 1.29 is 14.1 Å². The Morgan fingerprint density at radius 2 is 1.90 bits per heavy atom. The normalized spacial score (nSPS) is 10.4. The number of rotatable bonds is 6. The molecular weight excluding hydrogens is 275 g/mol. The maximum Gasteiger partial charge on any atom is 0.270 e. The molecule has 0 aromatic heterocycles. The highest BCUT2D eigenvalue weighted by Gasteiger charge is 2.10. The Morgan fingerprint density at radius 1 is 1.19 bits per heavy atom. The fourth-order valence-electron chi connectivity index (χ4n) is 1.96. The predicted octanol–water partition coefficient (Wildman–Crippen LogP) is 3.03. The van der Waals surface area contributed by atoms with Gasteiger partial charge in [-0.05, 0) is 23.8 Å². The quantitative estimate of drug-likeness (QED) is 0.656. The summed E-state index contributed by atoms with van der Waals surface area (Å²) in [5.41, 5.74) is 1.66. The highest BCUT2D eigenvalue weighted by molar-refractivity contribution is 5.43. The van der Waals surface area contributed by atoms with Crippen molar-refractivity contribution in [2.24, 2.45) is 0 Å². The molecule has 0 saturated heterocycles. The maximum atomic E-state index is 12.8. The number of nitro groups is 1. The Bertz CT molecular complexity index is 629. The monoisotopic (exact) mass is 290 g/mol. The first kappa shape index (κ1) is 14.9. The van der Waals surface area contributed by atoms with Crippen LogP contribution < -0.4 is 10.1 Å². The summed E-state index contributed by atoms with van der Waals surface area (Å²) in [5.74, 6) is 0.311. The van der Waals surface area contributed by atoms with Gasteiger partial charge in [0.15, 0.2) is 0 Å². The lowest BCUT2D eigenvalue weighted by Gasteiger charge is -2.09. The number of hydrogen-bond donors (Lipinski definition) is 1. The van der Waals surface area contributed by atoms with Crippen molar-refractivity contribution in [1.29, 1.82) is 0 Å². The number of nitrogens with zero attached hydrogens (tertiary/aromatic N) is 1. The van der Waals surface area contributed by atoms with Crippen molar-refractivity contribution in [2.45, 2.75) is 13.1 Å². The lowest BCUT2D eigenvalue weighted by molar-refractivity contribution is -0.384. The van der Waals surface area contributed by atoms with Crippen LogP contribution in [0.5, 0.6) is 5.75 Å². The molecule has 0 aliphatic carbocycles. The highest BCUT2D eigenvalue weighted by Crippen LogP contribution is 2.23. The van der Waals surface area contributed by atoms with Crippen LogP contribution in [0.1, 0.15) is 11.1 Å². The molecule has 2 aromatic rings. The predicted molar refractivity (Wildman–Crippen MR) is 76.6 cm³/mol. The lowest BCUT2D eigenvalue weighted by Crippen LogP contribution is -2.13. The summed E-state index contributed by atoms with van der Waals surface area (Å²) in [5, 5.41) is 13.9. The van der Waals surface area contributed by atoms with Crippen molar-refractivity contribution in [3.8, 4) is 5.75 Å². The van der Waals surface area contributed by atoms with E-state index in [0.29, 0.717) is 24.4 Å². The Kier molecular flexibility index (Phi) is 4.84. The van der Waals surface area contributed by atoms with Gasteiger partial charge in [0.05, 0.1) is 12.0 Å². The molecule has 0 amide bonds. The molecule has 0 unspecified atom stereocenters. The standard InChI is InChI=1S/C15H15FN2O3/c1-21-15-7-6-14(18(19)20)8-12(15)10-17-9-11-2-4-13(16)5-3-11/h2-8,17H,9-10H2,1H3. The first-order chi connectivity index (χ1) is 10.1. The molecule has 0 saturated carbocycles. The molecule has 0 heterocycles. The summed E-state index contributed by atoms with van der Waals surface area (Å²) in [4.78, 5) is 10.3. The molecule has 21 heavy (non-hydrogen) atoms. The molecule has 0 aliphatic heterocycles. The van der Waals surface area contributed by atoms with Crippen LogP contribution in [0.4, 0.5) is 10.1 Å². The van der Waals surface area contributed by atoms with Crippen molar-refractivity contribution in [3.63, 3.8) is 0 Å². The van der Waals surface area contributed by atoms with E-state index in [0.717, 1.165) is 5.56 Å². The van der Waals surface area contributed by atoms with Gasteiger partial charge in [-0.15, -0.1) is 0 Å². The van der Waals surface area contributed by atoms with Crippen LogP contribution in [-0.4, -0.2) is 12.0 Å². The van der Waals surface area contributed by atoms with E-state index in [9.17, 15) is 14.5 Å². The third-order valence-electron chi connectivity index (χ3n) is 3.03. The summed E-state index contributed by atoms with van der Waals surface area (Å²) in [7, 11) is 1.52. The molecule has 0 atom stereocenters. The van der Waals surface area contributed by atoms with Crippen LogP contribution in [0, 0.1) is 15.9 Å². The van der Waals surface area contributed by atoms with Gasteiger partial charge in [-0.25, -0.2) is 4.39 Å². The third-order valence-corrected chi connectivity index (χ3v) is 3.03. The van der Waals surface area contributed by atoms with E-state index in [-0.39, 0.29) is 11.5 Å². The Hall–Kier alpha value is -2.47. The summed E-state index contributed by atoms with van der Waals surface area (Å²) in [6.45, 7) is 0.953. The molecule has 0 aliphatic rings. The van der Waals surface area contributed by atoms with Crippen LogP contribution in [-0.2, 0) is 13.1 Å². The summed E-state index contributed by atoms with van der Waals surface area (Å²) in [6, 6.07) is 10.6. The number of benzene rings is 2. The van der Waals surface area contributed by atoms with E-state index in [4.69, 9.17) is 4.74 Å². The van der Waals surface area contributed by atoms with Gasteiger partial charge >= 0.3 is 0 Å². The maximum absolute atomic E-state index is 12.8. The molecule has 0 bridgehead atoms. The molecule has 5 nitrogen and oxygen atoms in total. The first-order valence-corrected chi connectivity index (χ1v) is 6.36. The van der Waals surface area contributed by atoms with Gasteiger partial charge in [0.25, 0.3) is 5.69 Å². The number of halogens is 1. The van der Waals surface area contributed by atoms with Crippen molar-refractivity contribution in [1.82, 2.24) is 5.32 Å². The summed E-state index contributed by atoms with van der Waals surface area (Å²) < 4.78 is 18.0. The fourth-order valence-corrected chi connectivity index (χ4v) is 1.96. The lowest BCUT2D eigenvalue weighted by atomic mass is 10.1. The molecule has 0 fully saturated rings. The number of hydrogen-bond acceptors (Lipinski definition) is 4. The molecule has 6 heteroatoms. The van der Waals surface area contributed by atoms with Crippen LogP contribution in [0.15, 0.2) is 42.5 Å². The van der Waals surface area contributed by atoms with Gasteiger partial charge in [0, 0.05) is 30.8 Å². The van der Waals surface area contributed by atoms with Gasteiger partial charge in [-0.3, -0.25) is 10.1 Å². The first-order valence-electron chi connectivity index (χ1n) is 6.36. The van der Waals surface area contributed by atoms with E-state index in [2.05, 4.69) is 5.32 Å². The molecule has 2 aromatic carbocycles. The van der Waals surface area contributed by atoms with Gasteiger partial charge < -0.3 is 10.1 Å². The second kappa shape index (κ2) is 6.81. The van der Waals surface area contributed by atoms with E-state index in [1.54, 1.807) is 18.2 Å². The molecule has 0 spiro atoms. The van der Waals surface area contributed by atoms with E-state index in [1.165, 1.54) is 31.4 Å². The van der Waals surface area contributed by atoms with Gasteiger partial charge in [-0.1, -0.05) is 12.1 Å². The minimum Gasteiger partial charge on any atom is -0.496 e. The number of nitrogens with one attached hydrogen (secondary N) is 1. The zero-order chi connectivity index (χ0) is 15.2. The van der Waals surface area contributed by atoms with Gasteiger partial charge in [0.1, 0.15) is 11.6 Å². The zero-order valence-electron chi connectivity index (χ0n) is 11.5. The second-order valence-electron chi connectivity index (χ2n) is 4.48. The Morgan fingerprint density at radius 3 is 2.52 bits per heavy atom. The van der Waals surface area contributed by atoms with Crippen LogP contribution >= 0.6 is 0 Å².